The van der Waals surface area contributed by atoms with Crippen LogP contribution in [0.1, 0.15) is 0 Å². The predicted octanol–water partition coefficient (Wildman–Crippen LogP) is 2.43. The minimum atomic E-state index is -0.283. The van der Waals surface area contributed by atoms with Crippen LogP contribution in [0.5, 0.6) is 0 Å². The smallest absolute Gasteiger partial charge is 0.277 e. The maximum atomic E-state index is 11.8. The summed E-state index contributed by atoms with van der Waals surface area (Å²) in [4.78, 5) is 20.1. The number of imidazole rings is 1. The number of para-hydroxylation sites is 1. The molecule has 7 heteroatoms. The lowest BCUT2D eigenvalue weighted by Gasteiger charge is -2.03. The van der Waals surface area contributed by atoms with Crippen molar-refractivity contribution in [2.75, 3.05) is 0 Å². The van der Waals surface area contributed by atoms with Crippen LogP contribution in [-0.4, -0.2) is 19.5 Å². The van der Waals surface area contributed by atoms with Gasteiger partial charge in [-0.1, -0.05) is 18.2 Å². The van der Waals surface area contributed by atoms with E-state index < -0.39 is 0 Å². The van der Waals surface area contributed by atoms with Gasteiger partial charge < -0.3 is 9.97 Å². The number of H-pyrrole nitrogens is 3. The summed E-state index contributed by atoms with van der Waals surface area (Å²) in [5.41, 5.74) is 1.54. The average molecular weight is 276 g/mol. The molecule has 0 saturated carbocycles. The normalized spacial score (nSPS) is 10.9. The van der Waals surface area contributed by atoms with Crippen LogP contribution >= 0.6 is 24.4 Å². The van der Waals surface area contributed by atoms with Crippen LogP contribution in [0, 0.1) is 9.54 Å². The highest BCUT2D eigenvalue weighted by molar-refractivity contribution is 7.71. The molecule has 0 saturated heterocycles. The first-order valence-electron chi connectivity index (χ1n) is 5.19. The zero-order valence-electron chi connectivity index (χ0n) is 9.06. The first-order valence-corrected chi connectivity index (χ1v) is 6.01. The van der Waals surface area contributed by atoms with Gasteiger partial charge in [-0.2, -0.15) is 0 Å². The third kappa shape index (κ3) is 1.64. The topological polar surface area (TPSA) is 69.4 Å². The van der Waals surface area contributed by atoms with E-state index in [9.17, 15) is 4.79 Å². The van der Waals surface area contributed by atoms with Gasteiger partial charge in [-0.05, 0) is 36.6 Å². The summed E-state index contributed by atoms with van der Waals surface area (Å²) in [5.74, 6) is 0. The Hall–Kier alpha value is -1.99. The third-order valence-corrected chi connectivity index (χ3v) is 3.08. The molecule has 2 aromatic heterocycles. The highest BCUT2D eigenvalue weighted by atomic mass is 32.1. The largest absolute Gasteiger partial charge is 0.324 e. The van der Waals surface area contributed by atoms with Crippen molar-refractivity contribution in [3.05, 3.63) is 50.2 Å². The molecular weight excluding hydrogens is 268 g/mol. The van der Waals surface area contributed by atoms with Crippen molar-refractivity contribution in [3.63, 3.8) is 0 Å². The van der Waals surface area contributed by atoms with Crippen molar-refractivity contribution in [2.24, 2.45) is 0 Å². The second-order valence-electron chi connectivity index (χ2n) is 3.73. The van der Waals surface area contributed by atoms with E-state index in [-0.39, 0.29) is 10.3 Å². The van der Waals surface area contributed by atoms with Crippen molar-refractivity contribution in [2.45, 2.75) is 0 Å². The summed E-state index contributed by atoms with van der Waals surface area (Å²) in [7, 11) is 0. The van der Waals surface area contributed by atoms with Gasteiger partial charge in [-0.3, -0.25) is 14.3 Å². The van der Waals surface area contributed by atoms with E-state index in [1.54, 1.807) is 4.57 Å². The fourth-order valence-electron chi connectivity index (χ4n) is 1.85. The van der Waals surface area contributed by atoms with Gasteiger partial charge in [0.1, 0.15) is 11.2 Å². The lowest BCUT2D eigenvalue weighted by Crippen LogP contribution is -2.08. The van der Waals surface area contributed by atoms with E-state index in [1.807, 2.05) is 30.3 Å². The van der Waals surface area contributed by atoms with E-state index in [4.69, 9.17) is 24.4 Å². The zero-order chi connectivity index (χ0) is 12.7. The molecule has 0 aliphatic rings. The van der Waals surface area contributed by atoms with Crippen LogP contribution in [0.3, 0.4) is 0 Å². The molecule has 0 amide bonds. The molecule has 0 aliphatic carbocycles. The molecule has 0 fully saturated rings. The number of nitrogens with zero attached hydrogens (tertiary/aromatic N) is 1. The molecular formula is C11H8N4OS2. The van der Waals surface area contributed by atoms with Crippen molar-refractivity contribution in [3.8, 4) is 5.69 Å². The first-order chi connectivity index (χ1) is 8.66. The summed E-state index contributed by atoms with van der Waals surface area (Å²) >= 11 is 10.2. The number of benzene rings is 1. The summed E-state index contributed by atoms with van der Waals surface area (Å²) in [5, 5.41) is 0. The number of nitrogens with one attached hydrogen (secondary N) is 3. The first kappa shape index (κ1) is 11.1. The molecule has 0 bridgehead atoms. The third-order valence-electron chi connectivity index (χ3n) is 2.60. The van der Waals surface area contributed by atoms with Crippen LogP contribution in [0.25, 0.3) is 16.9 Å². The Morgan fingerprint density at radius 3 is 2.44 bits per heavy atom. The molecule has 0 spiro atoms. The molecule has 3 N–H and O–H groups in total. The lowest BCUT2D eigenvalue weighted by molar-refractivity contribution is 1.03. The molecule has 3 rings (SSSR count). The minimum absolute atomic E-state index is 0.270. The summed E-state index contributed by atoms with van der Waals surface area (Å²) < 4.78 is 2.46. The van der Waals surface area contributed by atoms with Gasteiger partial charge in [0.05, 0.1) is 0 Å². The molecule has 3 aromatic rings. The van der Waals surface area contributed by atoms with Crippen LogP contribution in [0.2, 0.25) is 0 Å². The Morgan fingerprint density at radius 2 is 1.72 bits per heavy atom. The maximum Gasteiger partial charge on any atom is 0.277 e. The van der Waals surface area contributed by atoms with Crippen molar-refractivity contribution in [1.82, 2.24) is 19.5 Å². The number of aromatic nitrogens is 4. The van der Waals surface area contributed by atoms with Crippen LogP contribution in [0.4, 0.5) is 0 Å². The Labute approximate surface area is 111 Å². The van der Waals surface area contributed by atoms with Crippen LogP contribution in [-0.2, 0) is 0 Å². The number of hydrogen-bond acceptors (Lipinski definition) is 3. The van der Waals surface area contributed by atoms with E-state index in [2.05, 4.69) is 15.0 Å². The number of fused-ring (bicyclic) bond motifs is 1. The summed E-state index contributed by atoms with van der Waals surface area (Å²) in [6.45, 7) is 0. The molecule has 5 nitrogen and oxygen atoms in total. The van der Waals surface area contributed by atoms with Gasteiger partial charge in [0, 0.05) is 5.69 Å². The molecule has 90 valence electrons. The van der Waals surface area contributed by atoms with Gasteiger partial charge in [0.2, 0.25) is 0 Å². The molecule has 0 aliphatic heterocycles. The second-order valence-corrected chi connectivity index (χ2v) is 4.53. The fraction of sp³-hybridized carbons (Fsp3) is 0. The molecule has 18 heavy (non-hydrogen) atoms. The minimum Gasteiger partial charge on any atom is -0.324 e. The van der Waals surface area contributed by atoms with E-state index in [0.717, 1.165) is 5.69 Å². The van der Waals surface area contributed by atoms with Gasteiger partial charge >= 0.3 is 0 Å². The second kappa shape index (κ2) is 4.04. The molecule has 0 atom stereocenters. The van der Waals surface area contributed by atoms with Crippen LogP contribution < -0.4 is 5.56 Å². The van der Waals surface area contributed by atoms with Crippen molar-refractivity contribution < 1.29 is 0 Å². The van der Waals surface area contributed by atoms with Crippen molar-refractivity contribution in [1.29, 1.82) is 0 Å². The molecule has 0 radical (unpaired) electrons. The van der Waals surface area contributed by atoms with Crippen LogP contribution in [0.15, 0.2) is 35.1 Å². The van der Waals surface area contributed by atoms with E-state index >= 15 is 0 Å². The van der Waals surface area contributed by atoms with Crippen molar-refractivity contribution >= 4 is 35.6 Å². The molecule has 1 aromatic carbocycles. The Morgan fingerprint density at radius 1 is 1.00 bits per heavy atom. The molecule has 2 heterocycles. The SMILES string of the molecule is O=c1[nH]c(=S)[nH]c2c1[nH]c(=S)n2-c1ccccc1. The monoisotopic (exact) mass is 276 g/mol. The predicted molar refractivity (Wildman–Crippen MR) is 74.3 cm³/mol. The highest BCUT2D eigenvalue weighted by Gasteiger charge is 2.09. The fourth-order valence-corrected chi connectivity index (χ4v) is 2.33. The Kier molecular flexibility index (Phi) is 2.49. The number of aromatic amines is 3. The Bertz CT molecular complexity index is 885. The van der Waals surface area contributed by atoms with Gasteiger partial charge in [0.25, 0.3) is 5.56 Å². The number of hydrogen-bond donors (Lipinski definition) is 3. The summed E-state index contributed by atoms with van der Waals surface area (Å²) in [6.07, 6.45) is 0. The lowest BCUT2D eigenvalue weighted by atomic mass is 10.3. The quantitative estimate of drug-likeness (QED) is 0.598. The van der Waals surface area contributed by atoms with Gasteiger partial charge in [-0.15, -0.1) is 0 Å². The Balaban J connectivity index is 2.51. The standard InChI is InChI=1S/C11H8N4OS2/c16-9-7-8(13-10(17)14-9)15(11(18)12-7)6-4-2-1-3-5-6/h1-5H,(H,12,18)(H2,13,14,16,17). The average Bonchev–Trinajstić information content (AvgIpc) is 2.67. The van der Waals surface area contributed by atoms with Gasteiger partial charge in [-0.25, -0.2) is 0 Å². The van der Waals surface area contributed by atoms with Gasteiger partial charge in [0.15, 0.2) is 9.54 Å². The molecule has 0 unspecified atom stereocenters. The zero-order valence-corrected chi connectivity index (χ0v) is 10.7. The van der Waals surface area contributed by atoms with E-state index in [0.29, 0.717) is 15.9 Å². The highest BCUT2D eigenvalue weighted by Crippen LogP contribution is 2.14. The van der Waals surface area contributed by atoms with E-state index in [1.165, 1.54) is 0 Å². The maximum absolute atomic E-state index is 11.8. The number of rotatable bonds is 1. The summed E-state index contributed by atoms with van der Waals surface area (Å²) in [6, 6.07) is 9.52.